The molecule has 15 heavy (non-hydrogen) atoms. The second kappa shape index (κ2) is 4.24. The highest BCUT2D eigenvalue weighted by atomic mass is 19.1. The molecule has 0 spiro atoms. The summed E-state index contributed by atoms with van der Waals surface area (Å²) in [5, 5.41) is 17.0. The molecule has 0 amide bonds. The molecule has 4 nitrogen and oxygen atoms in total. The third kappa shape index (κ3) is 2.31. The van der Waals surface area contributed by atoms with Crippen LogP contribution in [0.3, 0.4) is 0 Å². The van der Waals surface area contributed by atoms with Gasteiger partial charge in [0.1, 0.15) is 5.82 Å². The van der Waals surface area contributed by atoms with E-state index in [4.69, 9.17) is 16.1 Å². The summed E-state index contributed by atoms with van der Waals surface area (Å²) >= 11 is 0. The van der Waals surface area contributed by atoms with E-state index in [0.717, 1.165) is 18.2 Å². The number of hydrogen-bond acceptors (Lipinski definition) is 3. The summed E-state index contributed by atoms with van der Waals surface area (Å²) in [7, 11) is 0. The number of halogens is 1. The first-order valence-electron chi connectivity index (χ1n) is 3.94. The van der Waals surface area contributed by atoms with Gasteiger partial charge >= 0.3 is 5.97 Å². The van der Waals surface area contributed by atoms with Gasteiger partial charge < -0.3 is 10.8 Å². The van der Waals surface area contributed by atoms with Crippen molar-refractivity contribution in [3.05, 3.63) is 35.2 Å². The van der Waals surface area contributed by atoms with Crippen molar-refractivity contribution in [1.29, 1.82) is 5.26 Å². The molecule has 0 fully saturated rings. The highest BCUT2D eigenvalue weighted by Crippen LogP contribution is 2.19. The van der Waals surface area contributed by atoms with E-state index in [0.29, 0.717) is 0 Å². The summed E-state index contributed by atoms with van der Waals surface area (Å²) in [6, 6.07) is 3.68. The quantitative estimate of drug-likeness (QED) is 0.568. The minimum atomic E-state index is -1.24. The third-order valence-electron chi connectivity index (χ3n) is 1.74. The van der Waals surface area contributed by atoms with Gasteiger partial charge in [0.2, 0.25) is 0 Å². The zero-order chi connectivity index (χ0) is 11.4. The molecule has 0 atom stereocenters. The summed E-state index contributed by atoms with van der Waals surface area (Å²) in [5.41, 5.74) is 5.00. The molecule has 1 aromatic rings. The minimum Gasteiger partial charge on any atom is -0.478 e. The van der Waals surface area contributed by atoms with E-state index in [9.17, 15) is 9.18 Å². The van der Waals surface area contributed by atoms with Gasteiger partial charge in [-0.1, -0.05) is 0 Å². The van der Waals surface area contributed by atoms with Crippen LogP contribution in [0, 0.1) is 17.1 Å². The SMILES string of the molecule is N#CC=Cc1cc(C(=O)O)c(N)cc1F. The molecule has 1 aromatic carbocycles. The van der Waals surface area contributed by atoms with Crippen molar-refractivity contribution in [3.63, 3.8) is 0 Å². The molecule has 0 aromatic heterocycles. The summed E-state index contributed by atoms with van der Waals surface area (Å²) < 4.78 is 13.2. The van der Waals surface area contributed by atoms with Gasteiger partial charge in [-0.2, -0.15) is 5.26 Å². The number of nitriles is 1. The summed E-state index contributed by atoms with van der Waals surface area (Å²) in [5.74, 6) is -1.90. The lowest BCUT2D eigenvalue weighted by atomic mass is 10.1. The van der Waals surface area contributed by atoms with Crippen molar-refractivity contribution in [2.24, 2.45) is 0 Å². The molecule has 76 valence electrons. The molecule has 0 aliphatic heterocycles. The average Bonchev–Trinajstić information content (AvgIpc) is 2.16. The van der Waals surface area contributed by atoms with E-state index in [-0.39, 0.29) is 16.8 Å². The zero-order valence-electron chi connectivity index (χ0n) is 7.57. The largest absolute Gasteiger partial charge is 0.478 e. The topological polar surface area (TPSA) is 87.1 Å². The van der Waals surface area contributed by atoms with Gasteiger partial charge in [-0.15, -0.1) is 0 Å². The Labute approximate surface area is 85.1 Å². The van der Waals surface area contributed by atoms with Crippen molar-refractivity contribution in [3.8, 4) is 6.07 Å². The van der Waals surface area contributed by atoms with E-state index in [1.165, 1.54) is 6.08 Å². The first-order chi connectivity index (χ1) is 7.06. The Morgan fingerprint density at radius 1 is 1.60 bits per heavy atom. The highest BCUT2D eigenvalue weighted by Gasteiger charge is 2.11. The molecule has 0 bridgehead atoms. The van der Waals surface area contributed by atoms with Crippen molar-refractivity contribution < 1.29 is 14.3 Å². The Morgan fingerprint density at radius 3 is 2.80 bits per heavy atom. The van der Waals surface area contributed by atoms with Crippen LogP contribution in [0.5, 0.6) is 0 Å². The van der Waals surface area contributed by atoms with Gasteiger partial charge in [0.05, 0.1) is 11.6 Å². The molecule has 0 aliphatic carbocycles. The van der Waals surface area contributed by atoms with E-state index in [1.54, 1.807) is 6.07 Å². The first kappa shape index (κ1) is 10.7. The van der Waals surface area contributed by atoms with Gasteiger partial charge in [-0.05, 0) is 18.2 Å². The fourth-order valence-corrected chi connectivity index (χ4v) is 1.05. The van der Waals surface area contributed by atoms with Crippen molar-refractivity contribution in [2.45, 2.75) is 0 Å². The number of nitrogens with two attached hydrogens (primary N) is 1. The highest BCUT2D eigenvalue weighted by molar-refractivity contribution is 5.94. The van der Waals surface area contributed by atoms with Gasteiger partial charge in [-0.25, -0.2) is 9.18 Å². The number of rotatable bonds is 2. The molecule has 0 saturated heterocycles. The van der Waals surface area contributed by atoms with E-state index in [1.807, 2.05) is 0 Å². The first-order valence-corrected chi connectivity index (χ1v) is 3.94. The fourth-order valence-electron chi connectivity index (χ4n) is 1.05. The Hall–Kier alpha value is -2.35. The number of nitrogen functional groups attached to an aromatic ring is 1. The molecule has 0 heterocycles. The molecule has 0 saturated carbocycles. The third-order valence-corrected chi connectivity index (χ3v) is 1.74. The lowest BCUT2D eigenvalue weighted by molar-refractivity contribution is 0.0698. The number of nitrogens with zero attached hydrogens (tertiary/aromatic N) is 1. The van der Waals surface area contributed by atoms with E-state index in [2.05, 4.69) is 0 Å². The Balaban J connectivity index is 3.31. The van der Waals surface area contributed by atoms with Crippen molar-refractivity contribution >= 4 is 17.7 Å². The van der Waals surface area contributed by atoms with E-state index < -0.39 is 11.8 Å². The standard InChI is InChI=1S/C10H7FN2O2/c11-8-5-9(13)7(10(14)15)4-6(8)2-1-3-12/h1-2,4-5H,13H2,(H,14,15). The fraction of sp³-hybridized carbons (Fsp3) is 0. The lowest BCUT2D eigenvalue weighted by Crippen LogP contribution is -2.03. The Bertz CT molecular complexity index is 475. The maximum absolute atomic E-state index is 13.2. The van der Waals surface area contributed by atoms with Crippen molar-refractivity contribution in [2.75, 3.05) is 5.73 Å². The normalized spacial score (nSPS) is 10.1. The maximum atomic E-state index is 13.2. The van der Waals surface area contributed by atoms with Gasteiger partial charge in [0.15, 0.2) is 0 Å². The molecule has 3 N–H and O–H groups in total. The smallest absolute Gasteiger partial charge is 0.337 e. The maximum Gasteiger partial charge on any atom is 0.337 e. The second-order valence-corrected chi connectivity index (χ2v) is 2.73. The second-order valence-electron chi connectivity index (χ2n) is 2.73. The summed E-state index contributed by atoms with van der Waals surface area (Å²) in [6.07, 6.45) is 2.24. The number of hydrogen-bond donors (Lipinski definition) is 2. The van der Waals surface area contributed by atoms with Crippen LogP contribution in [0.25, 0.3) is 6.08 Å². The molecular weight excluding hydrogens is 199 g/mol. The van der Waals surface area contributed by atoms with Crippen LogP contribution < -0.4 is 5.73 Å². The number of carboxylic acid groups (broad SMARTS) is 1. The van der Waals surface area contributed by atoms with Crippen LogP contribution >= 0.6 is 0 Å². The number of carbonyl (C=O) groups is 1. The van der Waals surface area contributed by atoms with Crippen LogP contribution in [0.15, 0.2) is 18.2 Å². The van der Waals surface area contributed by atoms with Crippen LogP contribution in [-0.4, -0.2) is 11.1 Å². The van der Waals surface area contributed by atoms with Gasteiger partial charge in [0.25, 0.3) is 0 Å². The number of benzene rings is 1. The molecule has 0 radical (unpaired) electrons. The van der Waals surface area contributed by atoms with Crippen LogP contribution in [0.1, 0.15) is 15.9 Å². The minimum absolute atomic E-state index is 0.0168. The Morgan fingerprint density at radius 2 is 2.27 bits per heavy atom. The monoisotopic (exact) mass is 206 g/mol. The summed E-state index contributed by atoms with van der Waals surface area (Å²) in [6.45, 7) is 0. The van der Waals surface area contributed by atoms with Crippen LogP contribution in [-0.2, 0) is 0 Å². The molecule has 0 unspecified atom stereocenters. The number of anilines is 1. The molecule has 0 aliphatic rings. The van der Waals surface area contributed by atoms with Gasteiger partial charge in [0, 0.05) is 17.3 Å². The van der Waals surface area contributed by atoms with Crippen LogP contribution in [0.2, 0.25) is 0 Å². The van der Waals surface area contributed by atoms with Crippen LogP contribution in [0.4, 0.5) is 10.1 Å². The predicted molar refractivity (Wildman–Crippen MR) is 52.4 cm³/mol. The molecule has 1 rings (SSSR count). The summed E-state index contributed by atoms with van der Waals surface area (Å²) in [4.78, 5) is 10.7. The predicted octanol–water partition coefficient (Wildman–Crippen LogP) is 1.64. The van der Waals surface area contributed by atoms with E-state index >= 15 is 0 Å². The van der Waals surface area contributed by atoms with Gasteiger partial charge in [-0.3, -0.25) is 0 Å². The Kier molecular flexibility index (Phi) is 3.03. The van der Waals surface area contributed by atoms with Crippen molar-refractivity contribution in [1.82, 2.24) is 0 Å². The number of aromatic carboxylic acids is 1. The zero-order valence-corrected chi connectivity index (χ0v) is 7.57. The number of allylic oxidation sites excluding steroid dienone is 1. The molecular formula is C10H7FN2O2. The lowest BCUT2D eigenvalue weighted by Gasteiger charge is -2.03. The average molecular weight is 206 g/mol. The number of carboxylic acids is 1. The molecule has 5 heteroatoms.